The van der Waals surface area contributed by atoms with Gasteiger partial charge in [0.15, 0.2) is 0 Å². The van der Waals surface area contributed by atoms with Gasteiger partial charge in [-0.05, 0) is 36.7 Å². The number of hydrogen-bond acceptors (Lipinski definition) is 0. The molecule has 3 rings (SSSR count). The Morgan fingerprint density at radius 2 is 2.28 bits per heavy atom. The molecular weight excluding hydrogens is 235 g/mol. The van der Waals surface area contributed by atoms with Crippen LogP contribution in [0.25, 0.3) is 0 Å². The van der Waals surface area contributed by atoms with Gasteiger partial charge < -0.3 is 0 Å². The molecule has 1 aromatic rings. The predicted molar refractivity (Wildman–Crippen MR) is 81.3 cm³/mol. The van der Waals surface area contributed by atoms with Crippen molar-refractivity contribution in [3.63, 3.8) is 0 Å². The molecule has 0 amide bonds. The van der Waals surface area contributed by atoms with Crippen molar-refractivity contribution in [2.24, 2.45) is 5.92 Å². The second-order valence-electron chi connectivity index (χ2n) is 4.86. The molecule has 0 saturated carbocycles. The highest BCUT2D eigenvalue weighted by Gasteiger charge is 2.31. The van der Waals surface area contributed by atoms with Crippen LogP contribution in [0.2, 0.25) is 0 Å². The molecule has 1 aliphatic heterocycles. The Bertz CT molecular complexity index is 568. The molecule has 0 N–H and O–H groups in total. The summed E-state index contributed by atoms with van der Waals surface area (Å²) in [6.45, 7) is 2.25. The first kappa shape index (κ1) is 10.8. The Hall–Kier alpha value is -1.13. The molecule has 1 heteroatoms. The van der Waals surface area contributed by atoms with Crippen LogP contribution >= 0.6 is 7.92 Å². The van der Waals surface area contributed by atoms with Gasteiger partial charge in [0, 0.05) is 5.92 Å². The third kappa shape index (κ3) is 2.10. The average molecular weight is 255 g/mol. The molecule has 2 aliphatic rings. The van der Waals surface area contributed by atoms with Gasteiger partial charge in [0.2, 0.25) is 0 Å². The van der Waals surface area contributed by atoms with Crippen molar-refractivity contribution in [2.45, 2.75) is 26.2 Å². The largest absolute Gasteiger partial charge is 0.0732 e. The van der Waals surface area contributed by atoms with Crippen LogP contribution < -0.4 is 5.30 Å². The summed E-state index contributed by atoms with van der Waals surface area (Å²) in [6.07, 6.45) is 13.0. The first-order valence-corrected chi connectivity index (χ1v) is 8.09. The van der Waals surface area contributed by atoms with Crippen molar-refractivity contribution in [2.75, 3.05) is 0 Å². The maximum atomic E-state index is 7.85. The van der Waals surface area contributed by atoms with Crippen LogP contribution in [0.3, 0.4) is 0 Å². The zero-order valence-electron chi connectivity index (χ0n) is 11.8. The zero-order chi connectivity index (χ0) is 13.2. The third-order valence-corrected chi connectivity index (χ3v) is 6.28. The number of hydrogen-bond donors (Lipinski definition) is 0. The Morgan fingerprint density at radius 3 is 3.11 bits per heavy atom. The van der Waals surface area contributed by atoms with Crippen molar-refractivity contribution in [3.8, 4) is 0 Å². The molecule has 18 heavy (non-hydrogen) atoms. The van der Waals surface area contributed by atoms with Crippen molar-refractivity contribution in [1.29, 1.82) is 0 Å². The highest BCUT2D eigenvalue weighted by molar-refractivity contribution is 7.74. The van der Waals surface area contributed by atoms with E-state index in [0.717, 1.165) is 0 Å². The molecule has 92 valence electrons. The van der Waals surface area contributed by atoms with Gasteiger partial charge in [0.25, 0.3) is 0 Å². The molecule has 0 aromatic heterocycles. The van der Waals surface area contributed by atoms with E-state index < -0.39 is 0 Å². The summed E-state index contributed by atoms with van der Waals surface area (Å²) in [5, 5.41) is 4.53. The Labute approximate surface area is 112 Å². The Balaban J connectivity index is 1.94. The van der Waals surface area contributed by atoms with Gasteiger partial charge in [-0.25, -0.2) is 0 Å². The highest BCUT2D eigenvalue weighted by atomic mass is 31.1. The lowest BCUT2D eigenvalue weighted by molar-refractivity contribution is 0.806. The van der Waals surface area contributed by atoms with Crippen molar-refractivity contribution >= 4 is 13.2 Å². The van der Waals surface area contributed by atoms with E-state index in [-0.39, 0.29) is 7.92 Å². The van der Waals surface area contributed by atoms with Gasteiger partial charge in [0.1, 0.15) is 0 Å². The van der Waals surface area contributed by atoms with Crippen LogP contribution in [-0.4, -0.2) is 0 Å². The maximum absolute atomic E-state index is 7.85. The third-order valence-electron chi connectivity index (χ3n) is 3.58. The Kier molecular flexibility index (Phi) is 3.13. The smallest absolute Gasteiger partial charge is 0.0623 e. The fourth-order valence-electron chi connectivity index (χ4n) is 2.69. The summed E-state index contributed by atoms with van der Waals surface area (Å²) in [6, 6.07) is 8.76. The van der Waals surface area contributed by atoms with Crippen LogP contribution in [0.4, 0.5) is 0 Å². The zero-order valence-corrected chi connectivity index (χ0v) is 11.7. The van der Waals surface area contributed by atoms with E-state index in [1.165, 1.54) is 24.6 Å². The lowest BCUT2D eigenvalue weighted by Gasteiger charge is -2.18. The van der Waals surface area contributed by atoms with E-state index in [1.54, 1.807) is 10.6 Å². The SMILES string of the molecule is [2H]c1cccc(P2C(CCCC)=CC3C=CC=C32)c1. The van der Waals surface area contributed by atoms with Gasteiger partial charge in [-0.15, -0.1) is 0 Å². The number of unbranched alkanes of at least 4 members (excludes halogenated alkanes) is 1. The summed E-state index contributed by atoms with van der Waals surface area (Å²) in [5.41, 5.74) is 0. The van der Waals surface area contributed by atoms with Crippen LogP contribution in [0.15, 0.2) is 65.2 Å². The summed E-state index contributed by atoms with van der Waals surface area (Å²) in [4.78, 5) is 0. The summed E-state index contributed by atoms with van der Waals surface area (Å²) < 4.78 is 7.85. The minimum Gasteiger partial charge on any atom is -0.0732 e. The first-order chi connectivity index (χ1) is 9.29. The molecule has 1 heterocycles. The van der Waals surface area contributed by atoms with Crippen LogP contribution in [0.1, 0.15) is 27.6 Å². The predicted octanol–water partition coefficient (Wildman–Crippen LogP) is 4.95. The van der Waals surface area contributed by atoms with Gasteiger partial charge in [-0.1, -0.05) is 68.0 Å². The van der Waals surface area contributed by atoms with E-state index in [4.69, 9.17) is 1.37 Å². The molecule has 0 spiro atoms. The number of fused-ring (bicyclic) bond motifs is 1. The van der Waals surface area contributed by atoms with Crippen molar-refractivity contribution in [3.05, 3.63) is 65.2 Å². The van der Waals surface area contributed by atoms with Crippen molar-refractivity contribution in [1.82, 2.24) is 0 Å². The minimum atomic E-state index is -0.332. The quantitative estimate of drug-likeness (QED) is 0.668. The van der Waals surface area contributed by atoms with E-state index in [2.05, 4.69) is 37.3 Å². The average Bonchev–Trinajstić information content (AvgIpc) is 2.95. The second-order valence-corrected chi connectivity index (χ2v) is 7.14. The summed E-state index contributed by atoms with van der Waals surface area (Å²) in [5.74, 6) is 0.535. The van der Waals surface area contributed by atoms with Gasteiger partial charge in [-0.3, -0.25) is 0 Å². The normalized spacial score (nSPS) is 25.7. The van der Waals surface area contributed by atoms with Crippen molar-refractivity contribution < 1.29 is 1.37 Å². The maximum Gasteiger partial charge on any atom is 0.0623 e. The number of rotatable bonds is 4. The van der Waals surface area contributed by atoms with Crippen LogP contribution in [-0.2, 0) is 0 Å². The van der Waals surface area contributed by atoms with Crippen LogP contribution in [0, 0.1) is 5.92 Å². The molecule has 1 aromatic carbocycles. The van der Waals surface area contributed by atoms with Crippen LogP contribution in [0.5, 0.6) is 0 Å². The molecular formula is C17H19P. The number of benzene rings is 1. The molecule has 0 saturated heterocycles. The van der Waals surface area contributed by atoms with E-state index >= 15 is 0 Å². The highest BCUT2D eigenvalue weighted by Crippen LogP contribution is 2.62. The molecule has 0 bridgehead atoms. The van der Waals surface area contributed by atoms with Gasteiger partial charge >= 0.3 is 0 Å². The minimum absolute atomic E-state index is 0.332. The van der Waals surface area contributed by atoms with E-state index in [9.17, 15) is 0 Å². The topological polar surface area (TPSA) is 0 Å². The lowest BCUT2D eigenvalue weighted by atomic mass is 10.1. The molecule has 1 aliphatic carbocycles. The fourth-order valence-corrected chi connectivity index (χ4v) is 5.47. The van der Waals surface area contributed by atoms with E-state index in [1.807, 2.05) is 18.2 Å². The molecule has 0 fully saturated rings. The Morgan fingerprint density at radius 1 is 1.33 bits per heavy atom. The fraction of sp³-hybridized carbons (Fsp3) is 0.294. The first-order valence-electron chi connectivity index (χ1n) is 7.25. The molecule has 0 nitrogen and oxygen atoms in total. The number of allylic oxidation sites excluding steroid dienone is 6. The summed E-state index contributed by atoms with van der Waals surface area (Å²) >= 11 is 0. The second kappa shape index (κ2) is 5.24. The molecule has 0 radical (unpaired) electrons. The molecule has 2 atom stereocenters. The molecule has 2 unspecified atom stereocenters. The lowest BCUT2D eigenvalue weighted by Crippen LogP contribution is -2.01. The summed E-state index contributed by atoms with van der Waals surface area (Å²) in [7, 11) is -0.332. The monoisotopic (exact) mass is 255 g/mol. The van der Waals surface area contributed by atoms with Gasteiger partial charge in [-0.2, -0.15) is 0 Å². The van der Waals surface area contributed by atoms with Gasteiger partial charge in [0.05, 0.1) is 1.37 Å². The van der Waals surface area contributed by atoms with E-state index in [0.29, 0.717) is 12.0 Å². The standard InChI is InChI=1S/C17H19P/c1-2-3-9-16-13-14-8-7-12-17(14)18(16)15-10-5-4-6-11-15/h4-8,10-14H,2-3,9H2,1H3/i5D.